The van der Waals surface area contributed by atoms with Crippen LogP contribution in [0.2, 0.25) is 0 Å². The molecule has 5 nitrogen and oxygen atoms in total. The third-order valence-electron chi connectivity index (χ3n) is 4.91. The van der Waals surface area contributed by atoms with Crippen LogP contribution in [0, 0.1) is 6.92 Å². The average Bonchev–Trinajstić information content (AvgIpc) is 3.01. The lowest BCUT2D eigenvalue weighted by molar-refractivity contribution is 0.161. The van der Waals surface area contributed by atoms with Crippen LogP contribution in [0.25, 0.3) is 21.8 Å². The molecule has 144 valence electrons. The Morgan fingerprint density at radius 1 is 0.893 bits per heavy atom. The molecule has 0 spiro atoms. The number of aryl methyl sites for hydroxylation is 1. The quantitative estimate of drug-likeness (QED) is 0.526. The Bertz CT molecular complexity index is 1170. The minimum absolute atomic E-state index is 0.0585. The van der Waals surface area contributed by atoms with E-state index in [0.717, 1.165) is 27.4 Å². The minimum Gasteiger partial charge on any atom is -0.390 e. The number of nitrogens with one attached hydrogen (secondary N) is 1. The monoisotopic (exact) mass is 394 g/mol. The van der Waals surface area contributed by atoms with Gasteiger partial charge in [0.2, 0.25) is 10.0 Å². The second-order valence-electron chi connectivity index (χ2n) is 6.96. The van der Waals surface area contributed by atoms with E-state index in [4.69, 9.17) is 0 Å². The average molecular weight is 394 g/mol. The summed E-state index contributed by atoms with van der Waals surface area (Å²) in [7, 11) is -3.66. The smallest absolute Gasteiger partial charge is 0.240 e. The van der Waals surface area contributed by atoms with Crippen LogP contribution in [0.5, 0.6) is 0 Å². The van der Waals surface area contributed by atoms with E-state index in [1.165, 1.54) is 0 Å². The van der Waals surface area contributed by atoms with Crippen LogP contribution in [-0.2, 0) is 16.6 Å². The van der Waals surface area contributed by atoms with Gasteiger partial charge in [0.05, 0.1) is 17.5 Å². The molecule has 3 aromatic carbocycles. The summed E-state index contributed by atoms with van der Waals surface area (Å²) >= 11 is 0. The number of rotatable bonds is 6. The van der Waals surface area contributed by atoms with Gasteiger partial charge in [-0.1, -0.05) is 54.1 Å². The van der Waals surface area contributed by atoms with Gasteiger partial charge < -0.3 is 9.67 Å². The molecule has 0 saturated carbocycles. The summed E-state index contributed by atoms with van der Waals surface area (Å²) in [6.45, 7) is 2.14. The largest absolute Gasteiger partial charge is 0.390 e. The number of para-hydroxylation sites is 2. The Morgan fingerprint density at radius 3 is 2.00 bits per heavy atom. The van der Waals surface area contributed by atoms with Gasteiger partial charge in [0.1, 0.15) is 0 Å². The summed E-state index contributed by atoms with van der Waals surface area (Å²) in [6.07, 6.45) is -0.862. The van der Waals surface area contributed by atoms with E-state index >= 15 is 0 Å². The van der Waals surface area contributed by atoms with Crippen LogP contribution in [0.3, 0.4) is 0 Å². The lowest BCUT2D eigenvalue weighted by atomic mass is 10.2. The van der Waals surface area contributed by atoms with Gasteiger partial charge in [-0.2, -0.15) is 0 Å². The molecule has 1 aromatic heterocycles. The topological polar surface area (TPSA) is 71.3 Å². The Hall–Kier alpha value is -2.67. The van der Waals surface area contributed by atoms with E-state index < -0.39 is 16.1 Å². The van der Waals surface area contributed by atoms with Gasteiger partial charge in [-0.25, -0.2) is 13.1 Å². The molecule has 2 N–H and O–H groups in total. The fraction of sp³-hybridized carbons (Fsp3) is 0.182. The fourth-order valence-electron chi connectivity index (χ4n) is 3.48. The van der Waals surface area contributed by atoms with Gasteiger partial charge in [-0.3, -0.25) is 0 Å². The molecular weight excluding hydrogens is 372 g/mol. The Kier molecular flexibility index (Phi) is 4.93. The van der Waals surface area contributed by atoms with Gasteiger partial charge in [-0.15, -0.1) is 0 Å². The van der Waals surface area contributed by atoms with E-state index in [0.29, 0.717) is 6.54 Å². The maximum Gasteiger partial charge on any atom is 0.240 e. The summed E-state index contributed by atoms with van der Waals surface area (Å²) in [4.78, 5) is 0.196. The zero-order chi connectivity index (χ0) is 19.7. The molecule has 1 heterocycles. The zero-order valence-corrected chi connectivity index (χ0v) is 16.4. The highest BCUT2D eigenvalue weighted by Crippen LogP contribution is 2.28. The van der Waals surface area contributed by atoms with E-state index in [2.05, 4.69) is 16.9 Å². The SMILES string of the molecule is Cc1ccc(S(=O)(=O)NC[C@@H](O)Cn2c3ccccc3c3ccccc32)cc1. The van der Waals surface area contributed by atoms with E-state index in [1.54, 1.807) is 24.3 Å². The molecule has 6 heteroatoms. The standard InChI is InChI=1S/C22H22N2O3S/c1-16-10-12-18(13-11-16)28(26,27)23-14-17(25)15-24-21-8-4-2-6-19(21)20-7-3-5-9-22(20)24/h2-13,17,23,25H,14-15H2,1H3/t17-/m1/s1. The highest BCUT2D eigenvalue weighted by molar-refractivity contribution is 7.89. The van der Waals surface area contributed by atoms with Crippen LogP contribution in [0.1, 0.15) is 5.56 Å². The van der Waals surface area contributed by atoms with Crippen molar-refractivity contribution in [3.8, 4) is 0 Å². The number of aromatic nitrogens is 1. The summed E-state index contributed by atoms with van der Waals surface area (Å²) in [5.74, 6) is 0. The van der Waals surface area contributed by atoms with Gasteiger partial charge in [-0.05, 0) is 31.2 Å². The van der Waals surface area contributed by atoms with Crippen molar-refractivity contribution in [2.45, 2.75) is 24.5 Å². The molecule has 28 heavy (non-hydrogen) atoms. The number of nitrogens with zero attached hydrogens (tertiary/aromatic N) is 1. The van der Waals surface area contributed by atoms with Crippen LogP contribution < -0.4 is 4.72 Å². The second kappa shape index (κ2) is 7.39. The molecule has 0 bridgehead atoms. The number of fused-ring (bicyclic) bond motifs is 3. The highest BCUT2D eigenvalue weighted by Gasteiger charge is 2.17. The predicted molar refractivity (Wildman–Crippen MR) is 112 cm³/mol. The van der Waals surface area contributed by atoms with Gasteiger partial charge in [0.15, 0.2) is 0 Å². The number of aliphatic hydroxyl groups excluding tert-OH is 1. The molecule has 0 amide bonds. The van der Waals surface area contributed by atoms with E-state index in [-0.39, 0.29) is 11.4 Å². The number of benzene rings is 3. The minimum atomic E-state index is -3.66. The number of hydrogen-bond acceptors (Lipinski definition) is 3. The molecule has 1 atom stereocenters. The van der Waals surface area contributed by atoms with Crippen LogP contribution in [0.4, 0.5) is 0 Å². The lowest BCUT2D eigenvalue weighted by Gasteiger charge is -2.15. The van der Waals surface area contributed by atoms with E-state index in [9.17, 15) is 13.5 Å². The van der Waals surface area contributed by atoms with Crippen molar-refractivity contribution in [2.75, 3.05) is 6.54 Å². The van der Waals surface area contributed by atoms with Crippen molar-refractivity contribution < 1.29 is 13.5 Å². The molecule has 0 aliphatic carbocycles. The second-order valence-corrected chi connectivity index (χ2v) is 8.73. The molecule has 0 fully saturated rings. The summed E-state index contributed by atoms with van der Waals surface area (Å²) < 4.78 is 29.4. The van der Waals surface area contributed by atoms with E-state index in [1.807, 2.05) is 47.9 Å². The molecule has 0 radical (unpaired) electrons. The highest BCUT2D eigenvalue weighted by atomic mass is 32.2. The predicted octanol–water partition coefficient (Wildman–Crippen LogP) is 3.44. The number of aliphatic hydroxyl groups is 1. The normalized spacial score (nSPS) is 13.2. The van der Waals surface area contributed by atoms with Crippen molar-refractivity contribution >= 4 is 31.8 Å². The molecule has 0 unspecified atom stereocenters. The maximum absolute atomic E-state index is 12.4. The molecule has 4 aromatic rings. The van der Waals surface area contributed by atoms with Crippen molar-refractivity contribution in [2.24, 2.45) is 0 Å². The Labute approximate surface area is 164 Å². The Balaban J connectivity index is 1.55. The molecule has 0 saturated heterocycles. The first kappa shape index (κ1) is 18.7. The first-order chi connectivity index (χ1) is 13.5. The molecule has 0 aliphatic heterocycles. The summed E-state index contributed by atoms with van der Waals surface area (Å²) in [6, 6.07) is 22.7. The fourth-order valence-corrected chi connectivity index (χ4v) is 4.55. The number of hydrogen-bond donors (Lipinski definition) is 2. The summed E-state index contributed by atoms with van der Waals surface area (Å²) in [5, 5.41) is 12.8. The third kappa shape index (κ3) is 3.54. The molecular formula is C22H22N2O3S. The van der Waals surface area contributed by atoms with Crippen LogP contribution in [0.15, 0.2) is 77.7 Å². The third-order valence-corrected chi connectivity index (χ3v) is 6.35. The van der Waals surface area contributed by atoms with Gasteiger partial charge in [0, 0.05) is 28.4 Å². The maximum atomic E-state index is 12.4. The Morgan fingerprint density at radius 2 is 1.43 bits per heavy atom. The number of sulfonamides is 1. The van der Waals surface area contributed by atoms with Crippen LogP contribution in [-0.4, -0.2) is 30.7 Å². The van der Waals surface area contributed by atoms with Crippen molar-refractivity contribution in [1.29, 1.82) is 0 Å². The van der Waals surface area contributed by atoms with Crippen molar-refractivity contribution in [1.82, 2.24) is 9.29 Å². The van der Waals surface area contributed by atoms with Crippen LogP contribution >= 0.6 is 0 Å². The van der Waals surface area contributed by atoms with Crippen molar-refractivity contribution in [3.05, 3.63) is 78.4 Å². The molecule has 4 rings (SSSR count). The lowest BCUT2D eigenvalue weighted by Crippen LogP contribution is -2.34. The first-order valence-electron chi connectivity index (χ1n) is 9.16. The molecule has 0 aliphatic rings. The van der Waals surface area contributed by atoms with Gasteiger partial charge in [0.25, 0.3) is 0 Å². The zero-order valence-electron chi connectivity index (χ0n) is 15.5. The van der Waals surface area contributed by atoms with Gasteiger partial charge >= 0.3 is 0 Å². The summed E-state index contributed by atoms with van der Waals surface area (Å²) in [5.41, 5.74) is 3.03. The van der Waals surface area contributed by atoms with Crippen molar-refractivity contribution in [3.63, 3.8) is 0 Å². The first-order valence-corrected chi connectivity index (χ1v) is 10.6.